The molecule has 0 aromatic heterocycles. The van der Waals surface area contributed by atoms with Crippen molar-refractivity contribution < 1.29 is 158 Å². The Morgan fingerprint density at radius 2 is 1.13 bits per heavy atom. The van der Waals surface area contributed by atoms with Gasteiger partial charge in [-0.2, -0.15) is 0 Å². The molecule has 18 N–H and O–H groups in total. The van der Waals surface area contributed by atoms with E-state index in [9.17, 15) is 106 Å². The zero-order valence-electron chi connectivity index (χ0n) is 64.8. The molecule has 5 aliphatic carbocycles. The van der Waals surface area contributed by atoms with Gasteiger partial charge in [0.1, 0.15) is 133 Å². The number of Topliss-reactive ketones (excluding diaryl/α,β-unsaturated/α-hetero) is 1. The van der Waals surface area contributed by atoms with E-state index in [2.05, 4.69) is 46.0 Å². The number of allylic oxidation sites excluding steroid dienone is 2. The number of carboxylic acid groups (broad SMARTS) is 1. The molecule has 18 unspecified atom stereocenters. The molecule has 33 nitrogen and oxygen atoms in total. The number of carbonyl (C=O) groups excluding carboxylic acids is 3. The lowest BCUT2D eigenvalue weighted by molar-refractivity contribution is -0.391. The predicted molar refractivity (Wildman–Crippen MR) is 386 cm³/mol. The maximum atomic E-state index is 14.3. The highest BCUT2D eigenvalue weighted by molar-refractivity contribution is 7.99. The van der Waals surface area contributed by atoms with Crippen LogP contribution in [0.1, 0.15) is 177 Å². The Morgan fingerprint density at radius 3 is 1.73 bits per heavy atom. The molecule has 0 bridgehead atoms. The number of thioether (sulfide) groups is 1. The molecular formula is C77H125NO32S. The van der Waals surface area contributed by atoms with Gasteiger partial charge in [-0.25, -0.2) is 4.79 Å². The van der Waals surface area contributed by atoms with E-state index in [1.54, 1.807) is 13.8 Å². The summed E-state index contributed by atoms with van der Waals surface area (Å²) < 4.78 is 67.4. The lowest BCUT2D eigenvalue weighted by atomic mass is 9.33. The van der Waals surface area contributed by atoms with Gasteiger partial charge in [-0.1, -0.05) is 91.7 Å². The van der Waals surface area contributed by atoms with Crippen LogP contribution < -0.4 is 5.32 Å². The predicted octanol–water partition coefficient (Wildman–Crippen LogP) is -1.04. The Labute approximate surface area is 651 Å². The van der Waals surface area contributed by atoms with E-state index < -0.39 is 255 Å². The minimum Gasteiger partial charge on any atom is -0.479 e. The fraction of sp³-hybridized carbons (Fsp3) is 0.922. The molecule has 0 aromatic rings. The highest BCUT2D eigenvalue weighted by Crippen LogP contribution is 2.76. The third-order valence-corrected chi connectivity index (χ3v) is 29.3. The molecule has 11 aliphatic rings. The molecule has 6 aliphatic heterocycles. The molecule has 0 radical (unpaired) electrons. The van der Waals surface area contributed by atoms with E-state index in [0.29, 0.717) is 57.8 Å². The fourth-order valence-electron chi connectivity index (χ4n) is 21.0. The molecule has 10 fully saturated rings. The molecule has 4 saturated carbocycles. The van der Waals surface area contributed by atoms with Crippen LogP contribution in [0.3, 0.4) is 0 Å². The molecule has 636 valence electrons. The largest absolute Gasteiger partial charge is 0.479 e. The fourth-order valence-corrected chi connectivity index (χ4v) is 22.7. The summed E-state index contributed by atoms with van der Waals surface area (Å²) in [5.41, 5.74) is -4.30. The van der Waals surface area contributed by atoms with Crippen molar-refractivity contribution in [1.82, 2.24) is 5.32 Å². The van der Waals surface area contributed by atoms with Crippen LogP contribution in [0.15, 0.2) is 11.6 Å². The van der Waals surface area contributed by atoms with Crippen molar-refractivity contribution in [2.45, 2.75) is 361 Å². The third-order valence-electron chi connectivity index (χ3n) is 27.9. The van der Waals surface area contributed by atoms with E-state index >= 15 is 0 Å². The van der Waals surface area contributed by atoms with E-state index in [4.69, 9.17) is 52.1 Å². The number of carbonyl (C=O) groups is 4. The molecule has 11 rings (SSSR count). The lowest BCUT2D eigenvalue weighted by Crippen LogP contribution is -2.69. The molecule has 6 saturated heterocycles. The summed E-state index contributed by atoms with van der Waals surface area (Å²) in [4.78, 5) is 52.6. The minimum atomic E-state index is -2.20. The average Bonchev–Trinajstić information content (AvgIpc) is 0.671. The van der Waals surface area contributed by atoms with Crippen LogP contribution in [-0.4, -0.2) is 326 Å². The topological polar surface area (TPSA) is 526 Å². The monoisotopic (exact) mass is 1610 g/mol. The smallest absolute Gasteiger partial charge is 0.335 e. The number of hydrogen-bond acceptors (Lipinski definition) is 32. The van der Waals surface area contributed by atoms with Crippen LogP contribution in [0.25, 0.3) is 0 Å². The molecule has 38 atom stereocenters. The number of nitrogens with one attached hydrogen (secondary N) is 1. The third kappa shape index (κ3) is 17.6. The summed E-state index contributed by atoms with van der Waals surface area (Å²) in [6.45, 7) is 13.4. The lowest BCUT2D eigenvalue weighted by Gasteiger charge is -2.72. The number of aliphatic hydroxyl groups is 16. The zero-order valence-corrected chi connectivity index (χ0v) is 65.6. The van der Waals surface area contributed by atoms with Crippen molar-refractivity contribution >= 4 is 35.7 Å². The Morgan fingerprint density at radius 1 is 0.559 bits per heavy atom. The molecule has 6 heterocycles. The first-order chi connectivity index (χ1) is 52.3. The number of unbranched alkanes of at least 4 members (excludes halogenated alkanes) is 7. The highest BCUT2D eigenvalue weighted by atomic mass is 32.2. The first-order valence-corrected chi connectivity index (χ1v) is 41.1. The number of carboxylic acids is 1. The van der Waals surface area contributed by atoms with Crippen molar-refractivity contribution in [3.63, 3.8) is 0 Å². The number of aliphatic carboxylic acids is 1. The Hall–Kier alpha value is -2.71. The summed E-state index contributed by atoms with van der Waals surface area (Å²) in [5, 5.41) is 193. The van der Waals surface area contributed by atoms with Crippen LogP contribution in [0.4, 0.5) is 0 Å². The first kappa shape index (κ1) is 89.1. The first-order valence-electron chi connectivity index (χ1n) is 40.0. The summed E-state index contributed by atoms with van der Waals surface area (Å²) >= 11 is 1.25. The number of fused-ring (bicyclic) bond motifs is 7. The second kappa shape index (κ2) is 36.1. The van der Waals surface area contributed by atoms with E-state index in [0.717, 1.165) is 57.7 Å². The van der Waals surface area contributed by atoms with Gasteiger partial charge in [-0.15, -0.1) is 11.8 Å². The van der Waals surface area contributed by atoms with E-state index in [1.165, 1.54) is 24.3 Å². The van der Waals surface area contributed by atoms with Crippen molar-refractivity contribution in [1.29, 1.82) is 0 Å². The summed E-state index contributed by atoms with van der Waals surface area (Å²) in [5.74, 6) is -2.54. The minimum absolute atomic E-state index is 0.0966. The van der Waals surface area contributed by atoms with E-state index in [-0.39, 0.29) is 41.6 Å². The van der Waals surface area contributed by atoms with Crippen molar-refractivity contribution in [2.24, 2.45) is 50.2 Å². The summed E-state index contributed by atoms with van der Waals surface area (Å²) in [6, 6.07) is -1.26. The molecule has 34 heteroatoms. The number of rotatable bonds is 29. The van der Waals surface area contributed by atoms with Crippen molar-refractivity contribution in [3.05, 3.63) is 11.6 Å². The second-order valence-electron chi connectivity index (χ2n) is 35.5. The van der Waals surface area contributed by atoms with Gasteiger partial charge in [0, 0.05) is 24.0 Å². The zero-order chi connectivity index (χ0) is 80.9. The maximum Gasteiger partial charge on any atom is 0.335 e. The van der Waals surface area contributed by atoms with Gasteiger partial charge in [-0.05, 0) is 124 Å². The molecule has 0 spiro atoms. The highest BCUT2D eigenvalue weighted by Gasteiger charge is 2.72. The number of hydrogen-bond donors (Lipinski definition) is 18. The number of aldehydes is 1. The number of amides is 1. The van der Waals surface area contributed by atoms with Crippen LogP contribution in [0.2, 0.25) is 0 Å². The van der Waals surface area contributed by atoms with Crippen LogP contribution in [0, 0.1) is 50.2 Å². The summed E-state index contributed by atoms with van der Waals surface area (Å²) in [6.07, 6.45) is -32.2. The van der Waals surface area contributed by atoms with Gasteiger partial charge in [0.25, 0.3) is 0 Å². The molecule has 1 amide bonds. The maximum absolute atomic E-state index is 14.3. The average molecular weight is 1610 g/mol. The van der Waals surface area contributed by atoms with Gasteiger partial charge in [-0.3, -0.25) is 4.79 Å². The van der Waals surface area contributed by atoms with Crippen LogP contribution >= 0.6 is 11.8 Å². The van der Waals surface area contributed by atoms with Crippen LogP contribution in [-0.2, 0) is 71.3 Å². The molecule has 111 heavy (non-hydrogen) atoms. The van der Waals surface area contributed by atoms with Gasteiger partial charge in [0.2, 0.25) is 5.91 Å². The Balaban J connectivity index is 0.843. The second-order valence-corrected chi connectivity index (χ2v) is 36.6. The Kier molecular flexibility index (Phi) is 29.0. The van der Waals surface area contributed by atoms with E-state index in [1.807, 2.05) is 0 Å². The number of aliphatic hydroxyl groups excluding tert-OH is 16. The van der Waals surface area contributed by atoms with Gasteiger partial charge in [0.05, 0.1) is 56.2 Å². The number of ether oxygens (including phenoxy) is 11. The van der Waals surface area contributed by atoms with Crippen molar-refractivity contribution in [2.75, 3.05) is 32.2 Å². The van der Waals surface area contributed by atoms with Crippen LogP contribution in [0.5, 0.6) is 0 Å². The normalized spacial score (nSPS) is 49.2. The van der Waals surface area contributed by atoms with Gasteiger partial charge >= 0.3 is 5.97 Å². The standard InChI is InChI=1S/C77H125NO32S/c1-35(82)17-15-13-11-9-10-12-14-16-18-47(86)78-48-41(29-79)104-71(63(52(48)90)109-68-58(96)54(92)60(36(2)102-68)106-66-55(93)49(87)39(83)31-100-66)111-34-77-26-25-72(3,4)27-38(77)37-19-20-44-73(5)23-22-46(74(6,33-81)43(73)21-24-75(44,7)76(37,8)28-45(77)85)105-70-64(110-69-57(95)53(91)51(89)42(30-80)103-69)61(59(97)62(108-70)65(98)99)107-67-56(94)50(88)40(84)32-101-67/h19,33,36,38-46,48-64,66-71,79-80,83-85,87-97H,9-18,20-32,34H2,1-8H3,(H,78,86)(H,98,99)/t36?,38?,39-,40-,41?,42?,43-,44?,45?,46+,48+,49?,50-,51+,52?,53+,54?,55?,56?,57?,58?,59+,60+,61+,62?,63?,64?,66+,67+,68+,69+,70-,71+,73?,74-,75?,76-,77-/m1/s1. The van der Waals surface area contributed by atoms with Gasteiger partial charge < -0.3 is 154 Å². The SMILES string of the molecule is CC(=O)CCCCCCCCCCC(=O)N[C@H]1C(CO)O[C@@H](SC[C@]23CCC(C)(C)CC2C2=CCC4C5(C)CC[C@H](O[C@@H]6OC(C(=O)O)[C@@H](O)[C@H](O[C@@H]7OC[C@@H](O)[C@@H](O)C7O)C6O[C@@H]6OC(CO)[C@H](O)[C@H](O)C6O)[C@](C)(C=O)[C@@H]5CCC4(C)[C@]2(C)CC3O)C(O[C@@H]2OC(C)[C@H](O[C@@H]3OC[C@@H](O)C(O)C3O)C(O)C2O)C1O. The summed E-state index contributed by atoms with van der Waals surface area (Å²) in [7, 11) is 0. The quantitative estimate of drug-likeness (QED) is 0.0184. The molecule has 0 aromatic carbocycles. The number of ketones is 1. The Bertz CT molecular complexity index is 3160. The molecular weight excluding hydrogens is 1480 g/mol. The van der Waals surface area contributed by atoms with Crippen molar-refractivity contribution in [3.8, 4) is 0 Å². The van der Waals surface area contributed by atoms with Gasteiger partial charge in [0.15, 0.2) is 37.6 Å².